The summed E-state index contributed by atoms with van der Waals surface area (Å²) in [6.45, 7) is -0.0165. The molecule has 0 amide bonds. The number of carbonyl (C=O) groups is 1. The molecule has 2 rings (SSSR count). The zero-order valence-corrected chi connectivity index (χ0v) is 6.93. The van der Waals surface area contributed by atoms with Crippen molar-refractivity contribution in [1.29, 1.82) is 0 Å². The van der Waals surface area contributed by atoms with Crippen LogP contribution in [0.15, 0.2) is 12.1 Å². The van der Waals surface area contributed by atoms with E-state index in [0.29, 0.717) is 6.29 Å². The van der Waals surface area contributed by atoms with Crippen molar-refractivity contribution in [2.45, 2.75) is 0 Å². The first-order valence-electron chi connectivity index (χ1n) is 3.75. The fourth-order valence-corrected chi connectivity index (χ4v) is 1.22. The molecule has 14 heavy (non-hydrogen) atoms. The highest BCUT2D eigenvalue weighted by Crippen LogP contribution is 2.38. The first-order valence-corrected chi connectivity index (χ1v) is 3.75. The summed E-state index contributed by atoms with van der Waals surface area (Å²) in [5, 5.41) is 10.5. The molecular weight excluding hydrogens is 190 g/mol. The predicted octanol–water partition coefficient (Wildman–Crippen LogP) is 1.14. The SMILES string of the molecule is O=Cc1cc([N+](=O)[O-])cc2c1OCO2. The lowest BCUT2D eigenvalue weighted by Gasteiger charge is -1.98. The molecule has 0 atom stereocenters. The van der Waals surface area contributed by atoms with Crippen LogP contribution in [-0.4, -0.2) is 18.0 Å². The standard InChI is InChI=1S/C8H5NO5/c10-3-5-1-6(9(11)12)2-7-8(5)14-4-13-7/h1-3H,4H2. The van der Waals surface area contributed by atoms with Crippen molar-refractivity contribution in [2.24, 2.45) is 0 Å². The molecule has 0 spiro atoms. The molecule has 1 aliphatic rings. The molecule has 0 aliphatic carbocycles. The molecule has 6 heteroatoms. The molecule has 1 aromatic carbocycles. The Balaban J connectivity index is 2.60. The molecule has 0 unspecified atom stereocenters. The predicted molar refractivity (Wildman–Crippen MR) is 44.6 cm³/mol. The first-order chi connectivity index (χ1) is 6.72. The van der Waals surface area contributed by atoms with Gasteiger partial charge in [-0.25, -0.2) is 0 Å². The number of benzene rings is 1. The summed E-state index contributed by atoms with van der Waals surface area (Å²) in [7, 11) is 0. The van der Waals surface area contributed by atoms with E-state index in [4.69, 9.17) is 9.47 Å². The summed E-state index contributed by atoms with van der Waals surface area (Å²) in [5.41, 5.74) is -0.0527. The highest BCUT2D eigenvalue weighted by Gasteiger charge is 2.22. The molecule has 1 aromatic rings. The van der Waals surface area contributed by atoms with Gasteiger partial charge in [0.25, 0.3) is 5.69 Å². The molecule has 0 N–H and O–H groups in total. The van der Waals surface area contributed by atoms with Gasteiger partial charge >= 0.3 is 0 Å². The van der Waals surface area contributed by atoms with E-state index in [1.54, 1.807) is 0 Å². The van der Waals surface area contributed by atoms with Gasteiger partial charge in [0, 0.05) is 6.07 Å². The third kappa shape index (κ3) is 1.17. The molecule has 0 saturated carbocycles. The van der Waals surface area contributed by atoms with Crippen LogP contribution in [0.2, 0.25) is 0 Å². The van der Waals surface area contributed by atoms with Gasteiger partial charge in [-0.15, -0.1) is 0 Å². The van der Waals surface area contributed by atoms with E-state index in [1.165, 1.54) is 6.07 Å². The summed E-state index contributed by atoms with van der Waals surface area (Å²) >= 11 is 0. The maximum absolute atomic E-state index is 10.6. The second-order valence-corrected chi connectivity index (χ2v) is 2.64. The highest BCUT2D eigenvalue weighted by atomic mass is 16.7. The molecule has 1 heterocycles. The van der Waals surface area contributed by atoms with Crippen LogP contribution in [0, 0.1) is 10.1 Å². The van der Waals surface area contributed by atoms with Crippen molar-refractivity contribution in [2.75, 3.05) is 6.79 Å². The quantitative estimate of drug-likeness (QED) is 0.401. The van der Waals surface area contributed by atoms with Gasteiger partial charge in [0.2, 0.25) is 6.79 Å². The maximum atomic E-state index is 10.6. The zero-order valence-electron chi connectivity index (χ0n) is 6.93. The smallest absolute Gasteiger partial charge is 0.274 e. The minimum Gasteiger partial charge on any atom is -0.453 e. The van der Waals surface area contributed by atoms with Crippen LogP contribution in [0.4, 0.5) is 5.69 Å². The Morgan fingerprint density at radius 2 is 2.21 bits per heavy atom. The minimum atomic E-state index is -0.588. The summed E-state index contributed by atoms with van der Waals surface area (Å²) in [6.07, 6.45) is 0.501. The molecule has 0 aromatic heterocycles. The van der Waals surface area contributed by atoms with Gasteiger partial charge in [-0.1, -0.05) is 0 Å². The van der Waals surface area contributed by atoms with Crippen LogP contribution in [0.5, 0.6) is 11.5 Å². The Hall–Kier alpha value is -2.11. The molecular formula is C8H5NO5. The molecule has 0 bridgehead atoms. The number of aldehydes is 1. The molecule has 72 valence electrons. The van der Waals surface area contributed by atoms with Gasteiger partial charge in [-0.05, 0) is 0 Å². The molecule has 6 nitrogen and oxygen atoms in total. The largest absolute Gasteiger partial charge is 0.453 e. The summed E-state index contributed by atoms with van der Waals surface area (Å²) in [6, 6.07) is 2.38. The van der Waals surface area contributed by atoms with Gasteiger partial charge in [0.05, 0.1) is 16.6 Å². The van der Waals surface area contributed by atoms with E-state index in [0.717, 1.165) is 6.07 Å². The van der Waals surface area contributed by atoms with E-state index in [2.05, 4.69) is 0 Å². The number of hydrogen-bond acceptors (Lipinski definition) is 5. The Bertz CT molecular complexity index is 414. The van der Waals surface area contributed by atoms with Gasteiger partial charge in [-0.2, -0.15) is 0 Å². The summed E-state index contributed by atoms with van der Waals surface area (Å²) in [4.78, 5) is 20.5. The van der Waals surface area contributed by atoms with Crippen LogP contribution in [0.1, 0.15) is 10.4 Å². The van der Waals surface area contributed by atoms with Gasteiger partial charge in [0.1, 0.15) is 0 Å². The van der Waals surface area contributed by atoms with Crippen molar-refractivity contribution >= 4 is 12.0 Å². The number of nitrogens with zero attached hydrogens (tertiary/aromatic N) is 1. The zero-order chi connectivity index (χ0) is 10.1. The van der Waals surface area contributed by atoms with Crippen molar-refractivity contribution < 1.29 is 19.2 Å². The minimum absolute atomic E-state index is 0.0165. The lowest BCUT2D eigenvalue weighted by molar-refractivity contribution is -0.384. The number of fused-ring (bicyclic) bond motifs is 1. The summed E-state index contributed by atoms with van der Waals surface area (Å²) in [5.74, 6) is 0.506. The normalized spacial score (nSPS) is 12.6. The second kappa shape index (κ2) is 2.99. The Morgan fingerprint density at radius 1 is 1.43 bits per heavy atom. The van der Waals surface area contributed by atoms with E-state index in [9.17, 15) is 14.9 Å². The van der Waals surface area contributed by atoms with Crippen molar-refractivity contribution in [3.05, 3.63) is 27.8 Å². The topological polar surface area (TPSA) is 78.7 Å². The lowest BCUT2D eigenvalue weighted by Crippen LogP contribution is -1.94. The average molecular weight is 195 g/mol. The van der Waals surface area contributed by atoms with E-state index < -0.39 is 4.92 Å². The Kier molecular flexibility index (Phi) is 1.81. The van der Waals surface area contributed by atoms with Crippen LogP contribution in [0.3, 0.4) is 0 Å². The molecule has 0 fully saturated rings. The van der Waals surface area contributed by atoms with Crippen molar-refractivity contribution in [1.82, 2.24) is 0 Å². The third-order valence-electron chi connectivity index (χ3n) is 1.82. The second-order valence-electron chi connectivity index (χ2n) is 2.64. The molecule has 1 aliphatic heterocycles. The van der Waals surface area contributed by atoms with Gasteiger partial charge in [0.15, 0.2) is 17.8 Å². The van der Waals surface area contributed by atoms with E-state index >= 15 is 0 Å². The van der Waals surface area contributed by atoms with Gasteiger partial charge < -0.3 is 9.47 Å². The maximum Gasteiger partial charge on any atom is 0.274 e. The monoisotopic (exact) mass is 195 g/mol. The summed E-state index contributed by atoms with van der Waals surface area (Å²) < 4.78 is 9.93. The highest BCUT2D eigenvalue weighted by molar-refractivity contribution is 5.83. The first kappa shape index (κ1) is 8.49. The van der Waals surface area contributed by atoms with Crippen LogP contribution in [0.25, 0.3) is 0 Å². The van der Waals surface area contributed by atoms with E-state index in [-0.39, 0.29) is 29.5 Å². The number of rotatable bonds is 2. The fraction of sp³-hybridized carbons (Fsp3) is 0.125. The van der Waals surface area contributed by atoms with E-state index in [1.807, 2.05) is 0 Å². The average Bonchev–Trinajstić information content (AvgIpc) is 2.63. The van der Waals surface area contributed by atoms with Crippen LogP contribution >= 0.6 is 0 Å². The number of ether oxygens (including phenoxy) is 2. The number of carbonyl (C=O) groups excluding carboxylic acids is 1. The van der Waals surface area contributed by atoms with Crippen LogP contribution < -0.4 is 9.47 Å². The Morgan fingerprint density at radius 3 is 2.86 bits per heavy atom. The third-order valence-corrected chi connectivity index (χ3v) is 1.82. The molecule has 0 saturated heterocycles. The lowest BCUT2D eigenvalue weighted by atomic mass is 10.2. The number of non-ortho nitro benzene ring substituents is 1. The van der Waals surface area contributed by atoms with Crippen LogP contribution in [-0.2, 0) is 0 Å². The number of nitro benzene ring substituents is 1. The Labute approximate surface area is 78.2 Å². The number of hydrogen-bond donors (Lipinski definition) is 0. The fourth-order valence-electron chi connectivity index (χ4n) is 1.22. The van der Waals surface area contributed by atoms with Gasteiger partial charge in [-0.3, -0.25) is 14.9 Å². The number of nitro groups is 1. The van der Waals surface area contributed by atoms with Crippen molar-refractivity contribution in [3.8, 4) is 11.5 Å². The molecule has 0 radical (unpaired) electrons. The van der Waals surface area contributed by atoms with Crippen molar-refractivity contribution in [3.63, 3.8) is 0 Å².